The Morgan fingerprint density at radius 3 is 2.47 bits per heavy atom. The van der Waals surface area contributed by atoms with Crippen molar-refractivity contribution in [2.75, 3.05) is 5.32 Å². The van der Waals surface area contributed by atoms with E-state index in [0.717, 1.165) is 10.6 Å². The lowest BCUT2D eigenvalue weighted by Gasteiger charge is -2.06. The average molecular weight is 418 g/mol. The third-order valence-corrected chi connectivity index (χ3v) is 5.48. The number of esters is 1. The highest BCUT2D eigenvalue weighted by Crippen LogP contribution is 2.29. The van der Waals surface area contributed by atoms with Crippen molar-refractivity contribution < 1.29 is 14.3 Å². The highest BCUT2D eigenvalue weighted by atomic mass is 32.1. The van der Waals surface area contributed by atoms with Crippen molar-refractivity contribution in [2.24, 2.45) is 7.05 Å². The average Bonchev–Trinajstić information content (AvgIpc) is 3.36. The Labute approximate surface area is 177 Å². The van der Waals surface area contributed by atoms with Crippen LogP contribution >= 0.6 is 11.3 Å². The van der Waals surface area contributed by atoms with Gasteiger partial charge in [-0.25, -0.2) is 9.78 Å². The number of carbonyl (C=O) groups is 2. The van der Waals surface area contributed by atoms with Crippen LogP contribution in [0, 0.1) is 6.92 Å². The topological polar surface area (TPSA) is 86.1 Å². The van der Waals surface area contributed by atoms with E-state index in [9.17, 15) is 9.59 Å². The summed E-state index contributed by atoms with van der Waals surface area (Å²) >= 11 is 1.30. The molecular weight excluding hydrogens is 400 g/mol. The standard InChI is InChI=1S/C22H18N4O3S/c1-14-19(30-21(24-14)15-6-4-3-5-7-15)22(28)29-18-10-8-17(9-11-18)25-20(27)16-12-23-26(2)13-16/h3-13H,1-2H3,(H,25,27). The summed E-state index contributed by atoms with van der Waals surface area (Å²) in [5.74, 6) is -0.339. The van der Waals surface area contributed by atoms with Gasteiger partial charge in [-0.3, -0.25) is 9.48 Å². The van der Waals surface area contributed by atoms with E-state index in [0.29, 0.717) is 27.6 Å². The van der Waals surface area contributed by atoms with Gasteiger partial charge in [0, 0.05) is 24.5 Å². The maximum absolute atomic E-state index is 12.6. The highest BCUT2D eigenvalue weighted by Gasteiger charge is 2.18. The van der Waals surface area contributed by atoms with Gasteiger partial charge in [-0.1, -0.05) is 30.3 Å². The molecule has 8 heteroatoms. The van der Waals surface area contributed by atoms with Gasteiger partial charge >= 0.3 is 5.97 Å². The molecule has 0 saturated heterocycles. The fourth-order valence-electron chi connectivity index (χ4n) is 2.79. The van der Waals surface area contributed by atoms with E-state index in [1.165, 1.54) is 17.5 Å². The van der Waals surface area contributed by atoms with Crippen molar-refractivity contribution >= 4 is 28.9 Å². The molecule has 1 amide bonds. The molecule has 0 aliphatic heterocycles. The van der Waals surface area contributed by atoms with Crippen LogP contribution in [0.5, 0.6) is 5.75 Å². The van der Waals surface area contributed by atoms with Crippen LogP contribution in [0.1, 0.15) is 25.7 Å². The number of aryl methyl sites for hydroxylation is 2. The molecule has 0 fully saturated rings. The van der Waals surface area contributed by atoms with E-state index in [-0.39, 0.29) is 5.91 Å². The first-order valence-corrected chi connectivity index (χ1v) is 9.96. The first-order chi connectivity index (χ1) is 14.5. The van der Waals surface area contributed by atoms with Gasteiger partial charge in [0.05, 0.1) is 17.5 Å². The van der Waals surface area contributed by atoms with E-state index in [2.05, 4.69) is 15.4 Å². The molecular formula is C22H18N4O3S. The molecule has 2 aromatic heterocycles. The Kier molecular flexibility index (Phi) is 5.40. The summed E-state index contributed by atoms with van der Waals surface area (Å²) in [6.45, 7) is 1.79. The van der Waals surface area contributed by atoms with Crippen molar-refractivity contribution in [2.45, 2.75) is 6.92 Å². The van der Waals surface area contributed by atoms with Crippen molar-refractivity contribution in [3.63, 3.8) is 0 Å². The van der Waals surface area contributed by atoms with Gasteiger partial charge in [0.1, 0.15) is 15.6 Å². The number of hydrogen-bond donors (Lipinski definition) is 1. The normalized spacial score (nSPS) is 10.6. The van der Waals surface area contributed by atoms with Crippen LogP contribution in [0.25, 0.3) is 10.6 Å². The van der Waals surface area contributed by atoms with E-state index in [4.69, 9.17) is 4.74 Å². The summed E-state index contributed by atoms with van der Waals surface area (Å²) < 4.78 is 7.04. The summed E-state index contributed by atoms with van der Waals surface area (Å²) in [4.78, 5) is 29.7. The van der Waals surface area contributed by atoms with Gasteiger partial charge in [0.25, 0.3) is 5.91 Å². The van der Waals surface area contributed by atoms with Crippen molar-refractivity contribution in [3.8, 4) is 16.3 Å². The molecule has 4 rings (SSSR count). The molecule has 0 unspecified atom stereocenters. The largest absolute Gasteiger partial charge is 0.422 e. The number of ether oxygens (including phenoxy) is 1. The zero-order valence-electron chi connectivity index (χ0n) is 16.3. The molecule has 0 aliphatic carbocycles. The Balaban J connectivity index is 1.43. The Bertz CT molecular complexity index is 1200. The van der Waals surface area contributed by atoms with Crippen LogP contribution in [-0.4, -0.2) is 26.6 Å². The van der Waals surface area contributed by atoms with E-state index in [1.807, 2.05) is 30.3 Å². The van der Waals surface area contributed by atoms with Gasteiger partial charge < -0.3 is 10.1 Å². The van der Waals surface area contributed by atoms with E-state index >= 15 is 0 Å². The van der Waals surface area contributed by atoms with Crippen molar-refractivity contribution in [1.29, 1.82) is 0 Å². The lowest BCUT2D eigenvalue weighted by molar-refractivity contribution is 0.0738. The van der Waals surface area contributed by atoms with Crippen molar-refractivity contribution in [1.82, 2.24) is 14.8 Å². The summed E-state index contributed by atoms with van der Waals surface area (Å²) in [6, 6.07) is 16.3. The number of thiazole rings is 1. The van der Waals surface area contributed by atoms with Gasteiger partial charge in [-0.05, 0) is 31.2 Å². The predicted octanol–water partition coefficient (Wildman–Crippen LogP) is 4.32. The SMILES string of the molecule is Cc1nc(-c2ccccc2)sc1C(=O)Oc1ccc(NC(=O)c2cnn(C)c2)cc1. The molecule has 0 aliphatic rings. The number of amides is 1. The van der Waals surface area contributed by atoms with Gasteiger partial charge in [-0.15, -0.1) is 11.3 Å². The third kappa shape index (κ3) is 4.28. The van der Waals surface area contributed by atoms with Crippen LogP contribution in [0.3, 0.4) is 0 Å². The lowest BCUT2D eigenvalue weighted by Crippen LogP contribution is -2.11. The molecule has 0 radical (unpaired) electrons. The van der Waals surface area contributed by atoms with Crippen LogP contribution in [0.2, 0.25) is 0 Å². The third-order valence-electron chi connectivity index (χ3n) is 4.29. The summed E-state index contributed by atoms with van der Waals surface area (Å²) in [5, 5.41) is 7.52. The number of nitrogens with one attached hydrogen (secondary N) is 1. The molecule has 0 saturated carbocycles. The minimum Gasteiger partial charge on any atom is -0.422 e. The van der Waals surface area contributed by atoms with E-state index < -0.39 is 5.97 Å². The molecule has 2 heterocycles. The zero-order chi connectivity index (χ0) is 21.1. The minimum absolute atomic E-state index is 0.262. The minimum atomic E-state index is -0.459. The molecule has 0 bridgehead atoms. The molecule has 150 valence electrons. The first kappa shape index (κ1) is 19.5. The Hall–Kier alpha value is -3.78. The second kappa shape index (κ2) is 8.30. The molecule has 1 N–H and O–H groups in total. The van der Waals surface area contributed by atoms with E-state index in [1.54, 1.807) is 49.1 Å². The first-order valence-electron chi connectivity index (χ1n) is 9.14. The van der Waals surface area contributed by atoms with Gasteiger partial charge in [0.2, 0.25) is 0 Å². The molecule has 4 aromatic rings. The fourth-order valence-corrected chi connectivity index (χ4v) is 3.74. The zero-order valence-corrected chi connectivity index (χ0v) is 17.1. The number of anilines is 1. The monoisotopic (exact) mass is 418 g/mol. The molecule has 0 atom stereocenters. The second-order valence-electron chi connectivity index (χ2n) is 6.57. The van der Waals surface area contributed by atoms with Crippen LogP contribution < -0.4 is 10.1 Å². The van der Waals surface area contributed by atoms with Crippen LogP contribution in [0.15, 0.2) is 67.0 Å². The number of benzene rings is 2. The van der Waals surface area contributed by atoms with Gasteiger partial charge in [0.15, 0.2) is 0 Å². The molecule has 0 spiro atoms. The Morgan fingerprint density at radius 2 is 1.80 bits per heavy atom. The molecule has 2 aromatic carbocycles. The quantitative estimate of drug-likeness (QED) is 0.385. The van der Waals surface area contributed by atoms with Crippen LogP contribution in [0.4, 0.5) is 5.69 Å². The molecule has 30 heavy (non-hydrogen) atoms. The maximum Gasteiger partial charge on any atom is 0.355 e. The summed E-state index contributed by atoms with van der Waals surface area (Å²) in [6.07, 6.45) is 3.12. The fraction of sp³-hybridized carbons (Fsp3) is 0.0909. The number of nitrogens with zero attached hydrogens (tertiary/aromatic N) is 3. The van der Waals surface area contributed by atoms with Crippen molar-refractivity contribution in [3.05, 3.63) is 83.1 Å². The number of carbonyl (C=O) groups excluding carboxylic acids is 2. The number of rotatable bonds is 5. The summed E-state index contributed by atoms with van der Waals surface area (Å²) in [5.41, 5.74) is 2.63. The Morgan fingerprint density at radius 1 is 1.07 bits per heavy atom. The van der Waals surface area contributed by atoms with Gasteiger partial charge in [-0.2, -0.15) is 5.10 Å². The van der Waals surface area contributed by atoms with Crippen LogP contribution in [-0.2, 0) is 7.05 Å². The number of hydrogen-bond acceptors (Lipinski definition) is 6. The molecule has 7 nitrogen and oxygen atoms in total. The number of aromatic nitrogens is 3. The second-order valence-corrected chi connectivity index (χ2v) is 7.57. The predicted molar refractivity (Wildman–Crippen MR) is 115 cm³/mol. The maximum atomic E-state index is 12.6. The highest BCUT2D eigenvalue weighted by molar-refractivity contribution is 7.17. The lowest BCUT2D eigenvalue weighted by atomic mass is 10.2. The summed E-state index contributed by atoms with van der Waals surface area (Å²) in [7, 11) is 1.74. The smallest absolute Gasteiger partial charge is 0.355 e.